The molecule has 3 aliphatic rings. The Morgan fingerprint density at radius 2 is 1.69 bits per heavy atom. The van der Waals surface area contributed by atoms with Crippen LogP contribution in [0.15, 0.2) is 54.6 Å². The Hall–Kier alpha value is -4.08. The first-order chi connectivity index (χ1) is 17.3. The van der Waals surface area contributed by atoms with E-state index >= 15 is 0 Å². The van der Waals surface area contributed by atoms with E-state index in [9.17, 15) is 29.3 Å². The van der Waals surface area contributed by atoms with Gasteiger partial charge in [0.15, 0.2) is 6.61 Å². The Balaban J connectivity index is 1.30. The molecule has 186 valence electrons. The second kappa shape index (κ2) is 9.52. The van der Waals surface area contributed by atoms with Gasteiger partial charge in [-0.1, -0.05) is 36.4 Å². The number of nitro benzene ring substituents is 1. The Labute approximate surface area is 206 Å². The fraction of sp³-hybridized carbons (Fsp3) is 0.385. The predicted molar refractivity (Wildman–Crippen MR) is 126 cm³/mol. The second-order valence-electron chi connectivity index (χ2n) is 9.60. The molecule has 5 rings (SSSR count). The molecule has 2 aromatic rings. The molecule has 1 heterocycles. The second-order valence-corrected chi connectivity index (χ2v) is 9.60. The summed E-state index contributed by atoms with van der Waals surface area (Å²) in [6, 6.07) is 13.2. The van der Waals surface area contributed by atoms with Crippen LogP contribution in [-0.2, 0) is 30.3 Å². The molecule has 36 heavy (non-hydrogen) atoms. The van der Waals surface area contributed by atoms with E-state index in [1.165, 1.54) is 24.3 Å². The zero-order valence-corrected chi connectivity index (χ0v) is 19.4. The minimum absolute atomic E-state index is 0.0818. The van der Waals surface area contributed by atoms with Gasteiger partial charge in [-0.3, -0.25) is 29.4 Å². The average molecular weight is 492 g/mol. The molecule has 0 radical (unpaired) electrons. The van der Waals surface area contributed by atoms with Crippen LogP contribution in [0.25, 0.3) is 0 Å². The maximum Gasteiger partial charge on any atom is 0.330 e. The van der Waals surface area contributed by atoms with Gasteiger partial charge in [-0.05, 0) is 42.7 Å². The lowest BCUT2D eigenvalue weighted by atomic mass is 9.81. The summed E-state index contributed by atoms with van der Waals surface area (Å²) >= 11 is 0. The Morgan fingerprint density at radius 1 is 1.03 bits per heavy atom. The van der Waals surface area contributed by atoms with Crippen LogP contribution in [0.3, 0.4) is 0 Å². The summed E-state index contributed by atoms with van der Waals surface area (Å²) in [6.45, 7) is -0.666. The topological polar surface area (TPSA) is 136 Å². The third kappa shape index (κ3) is 4.34. The summed E-state index contributed by atoms with van der Waals surface area (Å²) in [5.41, 5.74) is 0.735. The summed E-state index contributed by atoms with van der Waals surface area (Å²) in [4.78, 5) is 63.7. The summed E-state index contributed by atoms with van der Waals surface area (Å²) in [5.74, 6) is -2.59. The Kier molecular flexibility index (Phi) is 6.26. The number of carbonyl (C=O) groups is 4. The smallest absolute Gasteiger partial charge is 0.330 e. The van der Waals surface area contributed by atoms with Gasteiger partial charge in [-0.15, -0.1) is 0 Å². The number of rotatable bonds is 8. The van der Waals surface area contributed by atoms with Crippen molar-refractivity contribution in [1.29, 1.82) is 0 Å². The van der Waals surface area contributed by atoms with Crippen LogP contribution in [0.1, 0.15) is 24.8 Å². The zero-order valence-electron chi connectivity index (χ0n) is 19.4. The van der Waals surface area contributed by atoms with Crippen LogP contribution >= 0.6 is 0 Å². The monoisotopic (exact) mass is 491 g/mol. The summed E-state index contributed by atoms with van der Waals surface area (Å²) in [7, 11) is 0. The fourth-order valence-corrected chi connectivity index (χ4v) is 5.98. The van der Waals surface area contributed by atoms with E-state index in [1.54, 1.807) is 24.3 Å². The first-order valence-corrected chi connectivity index (χ1v) is 11.9. The van der Waals surface area contributed by atoms with Crippen molar-refractivity contribution >= 4 is 35.1 Å². The number of nitrogens with one attached hydrogen (secondary N) is 1. The van der Waals surface area contributed by atoms with E-state index in [1.807, 2.05) is 6.07 Å². The highest BCUT2D eigenvalue weighted by Crippen LogP contribution is 2.56. The maximum absolute atomic E-state index is 13.4. The number of imide groups is 1. The number of ether oxygens (including phenoxy) is 1. The van der Waals surface area contributed by atoms with Crippen LogP contribution in [0.2, 0.25) is 0 Å². The molecule has 2 bridgehead atoms. The molecular weight excluding hydrogens is 466 g/mol. The van der Waals surface area contributed by atoms with Crippen molar-refractivity contribution in [2.45, 2.75) is 31.7 Å². The highest BCUT2D eigenvalue weighted by molar-refractivity contribution is 6.08. The molecule has 0 spiro atoms. The van der Waals surface area contributed by atoms with E-state index in [0.29, 0.717) is 0 Å². The van der Waals surface area contributed by atoms with Gasteiger partial charge >= 0.3 is 5.97 Å². The molecule has 10 heteroatoms. The van der Waals surface area contributed by atoms with Gasteiger partial charge in [0.25, 0.3) is 11.6 Å². The normalized spacial score (nSPS) is 24.9. The van der Waals surface area contributed by atoms with E-state index in [2.05, 4.69) is 5.32 Å². The number of esters is 1. The molecule has 3 fully saturated rings. The number of nitrogens with zero attached hydrogens (tertiary/aromatic N) is 2. The molecule has 2 aliphatic carbocycles. The number of likely N-dealkylation sites (tertiary alicyclic amines) is 1. The van der Waals surface area contributed by atoms with Crippen molar-refractivity contribution in [2.75, 3.05) is 11.9 Å². The first kappa shape index (κ1) is 23.7. The summed E-state index contributed by atoms with van der Waals surface area (Å²) in [5, 5.41) is 13.4. The minimum atomic E-state index is -1.18. The van der Waals surface area contributed by atoms with E-state index in [0.717, 1.165) is 29.7 Å². The molecule has 1 saturated heterocycles. The van der Waals surface area contributed by atoms with Crippen LogP contribution < -0.4 is 5.32 Å². The van der Waals surface area contributed by atoms with Crippen LogP contribution in [-0.4, -0.2) is 46.2 Å². The van der Waals surface area contributed by atoms with Crippen molar-refractivity contribution in [3.8, 4) is 0 Å². The molecular formula is C26H25N3O7. The van der Waals surface area contributed by atoms with Crippen LogP contribution in [0, 0.1) is 33.8 Å². The Morgan fingerprint density at radius 3 is 2.33 bits per heavy atom. The minimum Gasteiger partial charge on any atom is -0.454 e. The molecule has 10 nitrogen and oxygen atoms in total. The average Bonchev–Trinajstić information content (AvgIpc) is 3.56. The molecule has 0 unspecified atom stereocenters. The van der Waals surface area contributed by atoms with Crippen molar-refractivity contribution < 1.29 is 28.8 Å². The molecule has 3 amide bonds. The molecule has 2 aromatic carbocycles. The van der Waals surface area contributed by atoms with Gasteiger partial charge in [0, 0.05) is 24.2 Å². The maximum atomic E-state index is 13.4. The van der Waals surface area contributed by atoms with Crippen molar-refractivity contribution in [3.63, 3.8) is 0 Å². The van der Waals surface area contributed by atoms with Gasteiger partial charge in [-0.25, -0.2) is 4.79 Å². The quantitative estimate of drug-likeness (QED) is 0.259. The number of carbonyl (C=O) groups excluding carboxylic acids is 4. The van der Waals surface area contributed by atoms with E-state index in [-0.39, 0.29) is 53.3 Å². The molecule has 0 aromatic heterocycles. The summed E-state index contributed by atoms with van der Waals surface area (Å²) in [6.07, 6.45) is 2.80. The number of fused-ring (bicyclic) bond motifs is 5. The van der Waals surface area contributed by atoms with Gasteiger partial charge in [0.2, 0.25) is 11.8 Å². The van der Waals surface area contributed by atoms with Crippen molar-refractivity contribution in [1.82, 2.24) is 4.90 Å². The van der Waals surface area contributed by atoms with E-state index < -0.39 is 29.4 Å². The Bertz CT molecular complexity index is 1200. The lowest BCUT2D eigenvalue weighted by Crippen LogP contribution is -2.48. The zero-order chi connectivity index (χ0) is 25.4. The number of anilines is 1. The van der Waals surface area contributed by atoms with Gasteiger partial charge in [0.05, 0.1) is 16.8 Å². The largest absolute Gasteiger partial charge is 0.454 e. The van der Waals surface area contributed by atoms with Crippen molar-refractivity contribution in [3.05, 3.63) is 70.3 Å². The first-order valence-electron chi connectivity index (χ1n) is 11.9. The number of benzene rings is 2. The van der Waals surface area contributed by atoms with Crippen LogP contribution in [0.5, 0.6) is 0 Å². The van der Waals surface area contributed by atoms with Gasteiger partial charge in [0.1, 0.15) is 6.04 Å². The summed E-state index contributed by atoms with van der Waals surface area (Å²) < 4.78 is 5.26. The van der Waals surface area contributed by atoms with Gasteiger partial charge < -0.3 is 10.1 Å². The number of hydrogen-bond acceptors (Lipinski definition) is 7. The van der Waals surface area contributed by atoms with Gasteiger partial charge in [-0.2, -0.15) is 0 Å². The highest BCUT2D eigenvalue weighted by Gasteiger charge is 2.62. The van der Waals surface area contributed by atoms with Crippen molar-refractivity contribution in [2.24, 2.45) is 23.7 Å². The third-order valence-electron chi connectivity index (χ3n) is 7.50. The SMILES string of the molecule is O=C(COC(=O)[C@@H](Cc1ccccc1)N1C(=O)[C@@H]2[C@H]3CC[C@@H](C3)[C@@H]2C1=O)Nc1cccc([N+](=O)[O-])c1. The highest BCUT2D eigenvalue weighted by atomic mass is 16.6. The number of non-ortho nitro benzene ring substituents is 1. The molecule has 1 N–H and O–H groups in total. The molecule has 2 saturated carbocycles. The predicted octanol–water partition coefficient (Wildman–Crippen LogP) is 2.72. The number of amides is 3. The number of nitro groups is 1. The lowest BCUT2D eigenvalue weighted by molar-refractivity contribution is -0.384. The third-order valence-corrected chi connectivity index (χ3v) is 7.50. The standard InChI is InChI=1S/C26H25N3O7/c30-21(27-18-7-4-8-19(13-18)29(34)35)14-36-26(33)20(11-15-5-2-1-3-6-15)28-24(31)22-16-9-10-17(12-16)23(22)25(28)32/h1-8,13,16-17,20,22-23H,9-12,14H2,(H,27,30)/t16-,17-,20+,22-,23+/m0/s1. The fourth-order valence-electron chi connectivity index (χ4n) is 5.98. The number of hydrogen-bond donors (Lipinski definition) is 1. The van der Waals surface area contributed by atoms with E-state index in [4.69, 9.17) is 4.74 Å². The van der Waals surface area contributed by atoms with Crippen LogP contribution in [0.4, 0.5) is 11.4 Å². The molecule has 1 aliphatic heterocycles. The molecule has 5 atom stereocenters. The lowest BCUT2D eigenvalue weighted by Gasteiger charge is -2.26.